The molecule has 0 bridgehead atoms. The quantitative estimate of drug-likeness (QED) is 0.585. The van der Waals surface area contributed by atoms with Gasteiger partial charge in [-0.1, -0.05) is 18.2 Å². The van der Waals surface area contributed by atoms with Gasteiger partial charge in [-0.15, -0.1) is 0 Å². The van der Waals surface area contributed by atoms with Gasteiger partial charge in [-0.25, -0.2) is 13.1 Å². The molecular formula is C22H26N4O5S. The third kappa shape index (κ3) is 4.70. The van der Waals surface area contributed by atoms with E-state index in [0.717, 1.165) is 10.6 Å². The lowest BCUT2D eigenvalue weighted by atomic mass is 10.3. The molecule has 0 saturated carbocycles. The van der Waals surface area contributed by atoms with Crippen LogP contribution in [0.3, 0.4) is 0 Å². The summed E-state index contributed by atoms with van der Waals surface area (Å²) in [6.45, 7) is 3.32. The van der Waals surface area contributed by atoms with E-state index in [1.807, 2.05) is 30.3 Å². The number of carbonyl (C=O) groups excluding carboxylic acids is 1. The maximum absolute atomic E-state index is 12.9. The van der Waals surface area contributed by atoms with Crippen molar-refractivity contribution in [3.63, 3.8) is 0 Å². The minimum Gasteiger partial charge on any atom is -0.481 e. The average molecular weight is 459 g/mol. The van der Waals surface area contributed by atoms with Crippen LogP contribution in [0, 0.1) is 6.92 Å². The molecular weight excluding hydrogens is 432 g/mol. The first kappa shape index (κ1) is 23.1. The lowest BCUT2D eigenvalue weighted by Gasteiger charge is -2.18. The molecule has 3 aromatic rings. The Kier molecular flexibility index (Phi) is 6.45. The Morgan fingerprint density at radius 1 is 1.09 bits per heavy atom. The number of hydrogen-bond acceptors (Lipinski definition) is 5. The van der Waals surface area contributed by atoms with Crippen LogP contribution in [0.5, 0.6) is 5.75 Å². The van der Waals surface area contributed by atoms with Gasteiger partial charge in [0.25, 0.3) is 11.5 Å². The van der Waals surface area contributed by atoms with Gasteiger partial charge in [0.1, 0.15) is 11.4 Å². The molecule has 0 fully saturated rings. The van der Waals surface area contributed by atoms with E-state index in [1.165, 1.54) is 11.7 Å². The normalized spacial score (nSPS) is 12.3. The fourth-order valence-electron chi connectivity index (χ4n) is 3.12. The number of nitrogens with one attached hydrogen (secondary N) is 1. The number of benzene rings is 2. The van der Waals surface area contributed by atoms with E-state index in [4.69, 9.17) is 4.74 Å². The summed E-state index contributed by atoms with van der Waals surface area (Å²) in [6, 6.07) is 15.5. The Hall–Kier alpha value is -3.53. The van der Waals surface area contributed by atoms with Crippen LogP contribution in [-0.2, 0) is 21.9 Å². The van der Waals surface area contributed by atoms with Crippen molar-refractivity contribution < 1.29 is 17.9 Å². The topological polar surface area (TPSA) is 103 Å². The van der Waals surface area contributed by atoms with Gasteiger partial charge >= 0.3 is 0 Å². The third-order valence-electron chi connectivity index (χ3n) is 5.18. The molecule has 32 heavy (non-hydrogen) atoms. The lowest BCUT2D eigenvalue weighted by molar-refractivity contribution is -0.122. The summed E-state index contributed by atoms with van der Waals surface area (Å²) in [7, 11) is -0.180. The van der Waals surface area contributed by atoms with Crippen LogP contribution in [0.15, 0.2) is 59.4 Å². The molecule has 9 nitrogen and oxygen atoms in total. The van der Waals surface area contributed by atoms with Crippen molar-refractivity contribution in [2.75, 3.05) is 22.9 Å². The van der Waals surface area contributed by atoms with Gasteiger partial charge in [0, 0.05) is 14.1 Å². The van der Waals surface area contributed by atoms with Gasteiger partial charge in [-0.2, -0.15) is 0 Å². The molecule has 0 saturated heterocycles. The Bertz CT molecular complexity index is 1280. The summed E-state index contributed by atoms with van der Waals surface area (Å²) in [6.07, 6.45) is 0.221. The van der Waals surface area contributed by atoms with E-state index in [1.54, 1.807) is 49.8 Å². The maximum Gasteiger partial charge on any atom is 0.295 e. The number of amides is 1. The average Bonchev–Trinajstić information content (AvgIpc) is 2.96. The van der Waals surface area contributed by atoms with Gasteiger partial charge in [0.2, 0.25) is 10.0 Å². The molecule has 3 rings (SSSR count). The Morgan fingerprint density at radius 2 is 1.69 bits per heavy atom. The molecule has 0 aliphatic carbocycles. The highest BCUT2D eigenvalue weighted by Crippen LogP contribution is 2.21. The highest BCUT2D eigenvalue weighted by Gasteiger charge is 2.22. The molecule has 0 radical (unpaired) electrons. The summed E-state index contributed by atoms with van der Waals surface area (Å²) >= 11 is 0. The van der Waals surface area contributed by atoms with E-state index in [9.17, 15) is 18.0 Å². The van der Waals surface area contributed by atoms with Crippen LogP contribution in [0.2, 0.25) is 0 Å². The number of ether oxygens (including phenoxy) is 1. The molecule has 2 aromatic carbocycles. The van der Waals surface area contributed by atoms with Gasteiger partial charge in [0.15, 0.2) is 6.10 Å². The molecule has 0 spiro atoms. The van der Waals surface area contributed by atoms with E-state index < -0.39 is 22.0 Å². The van der Waals surface area contributed by atoms with Gasteiger partial charge in [-0.3, -0.25) is 18.6 Å². The molecule has 0 aliphatic rings. The molecule has 1 amide bonds. The van der Waals surface area contributed by atoms with Crippen LogP contribution < -0.4 is 19.9 Å². The number of carbonyl (C=O) groups is 1. The highest BCUT2D eigenvalue weighted by molar-refractivity contribution is 7.92. The van der Waals surface area contributed by atoms with Gasteiger partial charge in [0.05, 0.1) is 23.3 Å². The predicted octanol–water partition coefficient (Wildman–Crippen LogP) is 2.29. The first-order chi connectivity index (χ1) is 15.0. The van der Waals surface area contributed by atoms with Crippen LogP contribution >= 0.6 is 0 Å². The summed E-state index contributed by atoms with van der Waals surface area (Å²) in [4.78, 5) is 25.6. The molecule has 0 unspecified atom stereocenters. The van der Waals surface area contributed by atoms with Gasteiger partial charge in [-0.05, 0) is 50.2 Å². The first-order valence-electron chi connectivity index (χ1n) is 9.86. The van der Waals surface area contributed by atoms with Crippen LogP contribution in [0.4, 0.5) is 11.4 Å². The SMILES string of the molecule is Cc1c(NC(=O)[C@H](C)Oc2ccc(N(C)S(C)(=O)=O)cc2)c(=O)n(-c2ccccc2)n1C. The minimum atomic E-state index is -3.37. The molecule has 1 aromatic heterocycles. The largest absolute Gasteiger partial charge is 0.481 e. The second-order valence-electron chi connectivity index (χ2n) is 7.41. The zero-order valence-corrected chi connectivity index (χ0v) is 19.4. The van der Waals surface area contributed by atoms with Crippen molar-refractivity contribution in [1.82, 2.24) is 9.36 Å². The Morgan fingerprint density at radius 3 is 2.25 bits per heavy atom. The lowest BCUT2D eigenvalue weighted by Crippen LogP contribution is -2.32. The van der Waals surface area contributed by atoms with Crippen LogP contribution in [0.1, 0.15) is 12.6 Å². The Balaban J connectivity index is 1.75. The number of anilines is 2. The molecule has 1 heterocycles. The predicted molar refractivity (Wildman–Crippen MR) is 124 cm³/mol. The summed E-state index contributed by atoms with van der Waals surface area (Å²) in [5.74, 6) is -0.0851. The van der Waals surface area contributed by atoms with Crippen molar-refractivity contribution in [3.05, 3.63) is 70.6 Å². The maximum atomic E-state index is 12.9. The van der Waals surface area contributed by atoms with E-state index >= 15 is 0 Å². The highest BCUT2D eigenvalue weighted by atomic mass is 32.2. The second-order valence-corrected chi connectivity index (χ2v) is 9.42. The van der Waals surface area contributed by atoms with E-state index in [-0.39, 0.29) is 11.2 Å². The molecule has 170 valence electrons. The fourth-order valence-corrected chi connectivity index (χ4v) is 3.63. The second kappa shape index (κ2) is 8.91. The molecule has 1 N–H and O–H groups in total. The zero-order valence-electron chi connectivity index (χ0n) is 18.6. The van der Waals surface area contributed by atoms with Crippen molar-refractivity contribution in [2.45, 2.75) is 20.0 Å². The van der Waals surface area contributed by atoms with Gasteiger partial charge < -0.3 is 10.1 Å². The summed E-state index contributed by atoms with van der Waals surface area (Å²) in [5, 5.41) is 2.67. The smallest absolute Gasteiger partial charge is 0.295 e. The van der Waals surface area contributed by atoms with Crippen molar-refractivity contribution in [3.8, 4) is 11.4 Å². The van der Waals surface area contributed by atoms with Crippen molar-refractivity contribution in [2.24, 2.45) is 7.05 Å². The minimum absolute atomic E-state index is 0.182. The Labute approximate surface area is 186 Å². The summed E-state index contributed by atoms with van der Waals surface area (Å²) in [5.41, 5.74) is 1.60. The van der Waals surface area contributed by atoms with Crippen molar-refractivity contribution in [1.29, 1.82) is 0 Å². The number of aromatic nitrogens is 2. The zero-order chi connectivity index (χ0) is 23.6. The molecule has 1 atom stereocenters. The number of hydrogen-bond donors (Lipinski definition) is 1. The number of nitrogens with zero attached hydrogens (tertiary/aromatic N) is 3. The number of para-hydroxylation sites is 1. The van der Waals surface area contributed by atoms with Crippen molar-refractivity contribution >= 4 is 27.3 Å². The first-order valence-corrected chi connectivity index (χ1v) is 11.7. The number of sulfonamides is 1. The van der Waals surface area contributed by atoms with Crippen LogP contribution in [0.25, 0.3) is 5.69 Å². The van der Waals surface area contributed by atoms with Crippen LogP contribution in [-0.4, -0.2) is 43.1 Å². The standard InChI is InChI=1S/C22H26N4O5S/c1-15-20(22(28)26(24(15)3)18-9-7-6-8-10-18)23-21(27)16(2)31-19-13-11-17(12-14-19)25(4)32(5,29)30/h6-14,16H,1-5H3,(H,23,27)/t16-/m0/s1. The third-order valence-corrected chi connectivity index (χ3v) is 6.39. The van der Waals surface area contributed by atoms with E-state index in [2.05, 4.69) is 5.32 Å². The molecule has 10 heteroatoms. The van der Waals surface area contributed by atoms with E-state index in [0.29, 0.717) is 22.8 Å². The number of rotatable bonds is 7. The summed E-state index contributed by atoms with van der Waals surface area (Å²) < 4.78 is 33.3. The monoisotopic (exact) mass is 458 g/mol. The molecule has 0 aliphatic heterocycles. The fraction of sp³-hybridized carbons (Fsp3) is 0.273.